The third kappa shape index (κ3) is 1.50. The molecule has 4 nitrogen and oxygen atoms in total. The Balaban J connectivity index is 1.51. The number of nitrogens with zero attached hydrogens (tertiary/aromatic N) is 2. The van der Waals surface area contributed by atoms with Crippen molar-refractivity contribution in [1.29, 1.82) is 0 Å². The molecule has 0 aliphatic heterocycles. The molecule has 0 radical (unpaired) electrons. The summed E-state index contributed by atoms with van der Waals surface area (Å²) in [7, 11) is 0. The zero-order chi connectivity index (χ0) is 14.8. The van der Waals surface area contributed by atoms with Crippen molar-refractivity contribution in [2.75, 3.05) is 0 Å². The Hall–Kier alpha value is -2.23. The number of aromatic hydroxyl groups is 2. The maximum atomic E-state index is 10.6. The lowest BCUT2D eigenvalue weighted by Gasteiger charge is -2.30. The molecule has 2 bridgehead atoms. The third-order valence-corrected chi connectivity index (χ3v) is 5.61. The van der Waals surface area contributed by atoms with Crippen LogP contribution in [0.3, 0.4) is 0 Å². The molecule has 0 amide bonds. The molecule has 1 fully saturated rings. The van der Waals surface area contributed by atoms with Gasteiger partial charge in [0.1, 0.15) is 0 Å². The fraction of sp³-hybridized carbons (Fsp3) is 0.389. The lowest BCUT2D eigenvalue weighted by atomic mass is 9.73. The zero-order valence-electron chi connectivity index (χ0n) is 12.2. The summed E-state index contributed by atoms with van der Waals surface area (Å²) in [5.74, 6) is 2.47. The predicted molar refractivity (Wildman–Crippen MR) is 81.9 cm³/mol. The van der Waals surface area contributed by atoms with E-state index in [1.54, 1.807) is 10.8 Å². The van der Waals surface area contributed by atoms with Gasteiger partial charge < -0.3 is 10.2 Å². The summed E-state index contributed by atoms with van der Waals surface area (Å²) in [5, 5.41) is 21.3. The maximum Gasteiger partial charge on any atom is 0.198 e. The van der Waals surface area contributed by atoms with Gasteiger partial charge in [-0.15, -0.1) is 0 Å². The van der Waals surface area contributed by atoms with E-state index >= 15 is 0 Å². The van der Waals surface area contributed by atoms with Crippen LogP contribution >= 0.6 is 0 Å². The molecule has 0 saturated heterocycles. The molecule has 2 heterocycles. The summed E-state index contributed by atoms with van der Waals surface area (Å²) in [4.78, 5) is 4.31. The highest BCUT2D eigenvalue weighted by molar-refractivity contribution is 5.59. The Morgan fingerprint density at radius 2 is 1.73 bits per heavy atom. The quantitative estimate of drug-likeness (QED) is 0.856. The molecule has 4 unspecified atom stereocenters. The van der Waals surface area contributed by atoms with Crippen LogP contribution in [0.4, 0.5) is 0 Å². The number of hydrogen-bond donors (Lipinski definition) is 2. The highest BCUT2D eigenvalue weighted by atomic mass is 16.3. The first-order valence-corrected chi connectivity index (χ1v) is 7.98. The fourth-order valence-corrected chi connectivity index (χ4v) is 4.48. The molecule has 0 aromatic carbocycles. The average molecular weight is 294 g/mol. The highest BCUT2D eigenvalue weighted by Gasteiger charge is 2.56. The van der Waals surface area contributed by atoms with E-state index in [1.807, 2.05) is 18.2 Å². The largest absolute Gasteiger partial charge is 0.494 e. The van der Waals surface area contributed by atoms with Gasteiger partial charge in [0.15, 0.2) is 11.8 Å². The minimum absolute atomic E-state index is 0.258. The van der Waals surface area contributed by atoms with Gasteiger partial charge in [-0.2, -0.15) is 0 Å². The first-order valence-electron chi connectivity index (χ1n) is 7.98. The third-order valence-electron chi connectivity index (χ3n) is 5.61. The Labute approximate surface area is 128 Å². The lowest BCUT2D eigenvalue weighted by Crippen LogP contribution is -2.18. The summed E-state index contributed by atoms with van der Waals surface area (Å²) in [6.45, 7) is 0.552. The molecule has 1 saturated carbocycles. The molecule has 4 aliphatic rings. The van der Waals surface area contributed by atoms with E-state index in [1.165, 1.54) is 6.42 Å². The number of aromatic nitrogens is 2. The molecular formula is C18H18N2O2. The molecule has 4 aliphatic carbocycles. The van der Waals surface area contributed by atoms with Crippen molar-refractivity contribution in [1.82, 2.24) is 9.55 Å². The number of allylic oxidation sites excluding steroid dienone is 2. The summed E-state index contributed by atoms with van der Waals surface area (Å²) in [6, 6.07) is 5.82. The minimum atomic E-state index is 0.258. The number of pyridine rings is 1. The van der Waals surface area contributed by atoms with Crippen LogP contribution in [0.2, 0.25) is 0 Å². The van der Waals surface area contributed by atoms with Gasteiger partial charge >= 0.3 is 0 Å². The standard InChI is InChI=1S/C18H18N2O2/c21-17-15-11-4-5-12(14-9-13(11)14)16(15)18(22)20(17)8-6-10-3-1-2-7-19-10/h1-5,7,11-14,21-22H,6,8-9H2. The van der Waals surface area contributed by atoms with Crippen LogP contribution in [0.5, 0.6) is 11.8 Å². The number of hydrogen-bond acceptors (Lipinski definition) is 3. The van der Waals surface area contributed by atoms with Gasteiger partial charge in [-0.05, 0) is 30.4 Å². The molecule has 2 N–H and O–H groups in total. The van der Waals surface area contributed by atoms with E-state index in [-0.39, 0.29) is 11.8 Å². The van der Waals surface area contributed by atoms with Crippen LogP contribution in [-0.4, -0.2) is 19.8 Å². The Morgan fingerprint density at radius 3 is 2.32 bits per heavy atom. The molecule has 112 valence electrons. The predicted octanol–water partition coefficient (Wildman–Crippen LogP) is 2.92. The van der Waals surface area contributed by atoms with Crippen molar-refractivity contribution in [3.63, 3.8) is 0 Å². The van der Waals surface area contributed by atoms with Gasteiger partial charge in [-0.1, -0.05) is 18.2 Å². The summed E-state index contributed by atoms with van der Waals surface area (Å²) in [6.07, 6.45) is 8.15. The van der Waals surface area contributed by atoms with Crippen molar-refractivity contribution in [2.45, 2.75) is 31.2 Å². The SMILES string of the molecule is Oc1c2c(c(O)n1CCc1ccccn1)C1C=CC2C2CC12. The summed E-state index contributed by atoms with van der Waals surface area (Å²) >= 11 is 0. The Kier molecular flexibility index (Phi) is 2.33. The molecule has 4 heteroatoms. The van der Waals surface area contributed by atoms with Gasteiger partial charge in [-0.25, -0.2) is 0 Å². The first kappa shape index (κ1) is 12.3. The Bertz CT molecular complexity index is 737. The van der Waals surface area contributed by atoms with Crippen LogP contribution in [0.25, 0.3) is 0 Å². The summed E-state index contributed by atoms with van der Waals surface area (Å²) in [5.41, 5.74) is 2.92. The molecular weight excluding hydrogens is 276 g/mol. The zero-order valence-corrected chi connectivity index (χ0v) is 12.2. The van der Waals surface area contributed by atoms with Gasteiger partial charge in [0.2, 0.25) is 0 Å². The molecule has 4 atom stereocenters. The summed E-state index contributed by atoms with van der Waals surface area (Å²) < 4.78 is 1.66. The first-order chi connectivity index (χ1) is 10.8. The van der Waals surface area contributed by atoms with Gasteiger partial charge in [-0.3, -0.25) is 9.55 Å². The van der Waals surface area contributed by atoms with Crippen molar-refractivity contribution in [3.8, 4) is 11.8 Å². The van der Waals surface area contributed by atoms with Crippen molar-refractivity contribution in [3.05, 3.63) is 53.4 Å². The van der Waals surface area contributed by atoms with E-state index in [9.17, 15) is 10.2 Å². The lowest BCUT2D eigenvalue weighted by molar-refractivity contribution is 0.364. The second kappa shape index (κ2) is 4.15. The van der Waals surface area contributed by atoms with Crippen LogP contribution in [0.15, 0.2) is 36.5 Å². The molecule has 2 aromatic heterocycles. The topological polar surface area (TPSA) is 58.3 Å². The van der Waals surface area contributed by atoms with E-state index < -0.39 is 0 Å². The van der Waals surface area contributed by atoms with Crippen molar-refractivity contribution >= 4 is 0 Å². The second-order valence-corrected chi connectivity index (χ2v) is 6.70. The molecule has 0 spiro atoms. The molecule has 6 rings (SSSR count). The van der Waals surface area contributed by atoms with E-state index in [0.29, 0.717) is 36.6 Å². The van der Waals surface area contributed by atoms with Gasteiger partial charge in [0, 0.05) is 47.8 Å². The van der Waals surface area contributed by atoms with Crippen LogP contribution in [-0.2, 0) is 13.0 Å². The van der Waals surface area contributed by atoms with E-state index in [2.05, 4.69) is 17.1 Å². The number of rotatable bonds is 3. The second-order valence-electron chi connectivity index (χ2n) is 6.70. The van der Waals surface area contributed by atoms with Gasteiger partial charge in [0.05, 0.1) is 0 Å². The number of aryl methyl sites for hydroxylation is 1. The molecule has 22 heavy (non-hydrogen) atoms. The van der Waals surface area contributed by atoms with Crippen LogP contribution in [0, 0.1) is 11.8 Å². The van der Waals surface area contributed by atoms with E-state index in [4.69, 9.17) is 0 Å². The minimum Gasteiger partial charge on any atom is -0.494 e. The van der Waals surface area contributed by atoms with Crippen LogP contribution < -0.4 is 0 Å². The van der Waals surface area contributed by atoms with Crippen molar-refractivity contribution in [2.24, 2.45) is 11.8 Å². The monoisotopic (exact) mass is 294 g/mol. The van der Waals surface area contributed by atoms with E-state index in [0.717, 1.165) is 16.8 Å². The van der Waals surface area contributed by atoms with Crippen molar-refractivity contribution < 1.29 is 10.2 Å². The fourth-order valence-electron chi connectivity index (χ4n) is 4.48. The molecule has 2 aromatic rings. The average Bonchev–Trinajstić information content (AvgIpc) is 3.33. The normalized spacial score (nSPS) is 30.2. The highest BCUT2D eigenvalue weighted by Crippen LogP contribution is 2.67. The maximum absolute atomic E-state index is 10.6. The Morgan fingerprint density at radius 1 is 1.05 bits per heavy atom. The van der Waals surface area contributed by atoms with Crippen LogP contribution in [0.1, 0.15) is 35.1 Å². The van der Waals surface area contributed by atoms with Gasteiger partial charge in [0.25, 0.3) is 0 Å². The smallest absolute Gasteiger partial charge is 0.198 e.